The molecule has 2 saturated carbocycles. The Hall–Kier alpha value is -0.0400. The first kappa shape index (κ1) is 9.51. The molecule has 0 heterocycles. The molecule has 13 heavy (non-hydrogen) atoms. The lowest BCUT2D eigenvalue weighted by atomic mass is 9.85. The van der Waals surface area contributed by atoms with Gasteiger partial charge in [0, 0.05) is 6.04 Å². The third-order valence-corrected chi connectivity index (χ3v) is 4.47. The zero-order valence-electron chi connectivity index (χ0n) is 9.05. The van der Waals surface area contributed by atoms with E-state index in [-0.39, 0.29) is 0 Å². The van der Waals surface area contributed by atoms with Crippen LogP contribution >= 0.6 is 0 Å². The van der Waals surface area contributed by atoms with E-state index in [0.717, 1.165) is 23.8 Å². The molecule has 0 aromatic rings. The highest BCUT2D eigenvalue weighted by molar-refractivity contribution is 4.93. The molecule has 76 valence electrons. The first-order chi connectivity index (χ1) is 6.36. The minimum atomic E-state index is 0.799. The maximum atomic E-state index is 3.51. The predicted molar refractivity (Wildman–Crippen MR) is 56.7 cm³/mol. The van der Waals surface area contributed by atoms with Crippen molar-refractivity contribution in [1.29, 1.82) is 0 Å². The van der Waals surface area contributed by atoms with Gasteiger partial charge < -0.3 is 5.32 Å². The fraction of sp³-hybridized carbons (Fsp3) is 1.00. The summed E-state index contributed by atoms with van der Waals surface area (Å²) in [6.45, 7) is 2.32. The first-order valence-electron chi connectivity index (χ1n) is 6.04. The van der Waals surface area contributed by atoms with Gasteiger partial charge in [-0.3, -0.25) is 0 Å². The van der Waals surface area contributed by atoms with Gasteiger partial charge in [0.15, 0.2) is 0 Å². The standard InChI is InChI=1S/C12H23N/c1-3-12(13-2)11-8-7-9-5-4-6-10(9)11/h9-13H,3-8H2,1-2H3. The Labute approximate surface area is 82.3 Å². The molecule has 2 fully saturated rings. The molecule has 1 N–H and O–H groups in total. The zero-order chi connectivity index (χ0) is 9.26. The summed E-state index contributed by atoms with van der Waals surface area (Å²) in [5, 5.41) is 3.51. The van der Waals surface area contributed by atoms with Crippen LogP contribution in [0.25, 0.3) is 0 Å². The van der Waals surface area contributed by atoms with Crippen LogP contribution in [0.4, 0.5) is 0 Å². The van der Waals surface area contributed by atoms with Crippen molar-refractivity contribution in [1.82, 2.24) is 5.32 Å². The Kier molecular flexibility index (Phi) is 2.92. The Balaban J connectivity index is 1.99. The van der Waals surface area contributed by atoms with Crippen LogP contribution in [0.3, 0.4) is 0 Å². The summed E-state index contributed by atoms with van der Waals surface area (Å²) >= 11 is 0. The number of rotatable bonds is 3. The smallest absolute Gasteiger partial charge is 0.00924 e. The van der Waals surface area contributed by atoms with Crippen LogP contribution in [0.15, 0.2) is 0 Å². The fourth-order valence-electron chi connectivity index (χ4n) is 3.83. The van der Waals surface area contributed by atoms with Crippen LogP contribution in [0.2, 0.25) is 0 Å². The first-order valence-corrected chi connectivity index (χ1v) is 6.04. The lowest BCUT2D eigenvalue weighted by Gasteiger charge is -2.27. The summed E-state index contributed by atoms with van der Waals surface area (Å²) in [6, 6.07) is 0.799. The van der Waals surface area contributed by atoms with E-state index in [1.807, 2.05) is 0 Å². The molecule has 1 nitrogen and oxygen atoms in total. The van der Waals surface area contributed by atoms with Gasteiger partial charge in [0.1, 0.15) is 0 Å². The Morgan fingerprint density at radius 2 is 2.08 bits per heavy atom. The van der Waals surface area contributed by atoms with Crippen molar-refractivity contribution in [3.8, 4) is 0 Å². The molecule has 4 atom stereocenters. The van der Waals surface area contributed by atoms with E-state index in [0.29, 0.717) is 0 Å². The van der Waals surface area contributed by atoms with Crippen LogP contribution in [-0.4, -0.2) is 13.1 Å². The van der Waals surface area contributed by atoms with Gasteiger partial charge in [0.05, 0.1) is 0 Å². The largest absolute Gasteiger partial charge is 0.317 e. The van der Waals surface area contributed by atoms with Gasteiger partial charge in [-0.2, -0.15) is 0 Å². The molecule has 0 radical (unpaired) electrons. The molecule has 0 saturated heterocycles. The van der Waals surface area contributed by atoms with Crippen molar-refractivity contribution in [2.75, 3.05) is 7.05 Å². The summed E-state index contributed by atoms with van der Waals surface area (Å²) in [4.78, 5) is 0. The Morgan fingerprint density at radius 3 is 2.77 bits per heavy atom. The number of fused-ring (bicyclic) bond motifs is 1. The van der Waals surface area contributed by atoms with Gasteiger partial charge in [0.25, 0.3) is 0 Å². The van der Waals surface area contributed by atoms with Gasteiger partial charge >= 0.3 is 0 Å². The maximum absolute atomic E-state index is 3.51. The van der Waals surface area contributed by atoms with E-state index in [1.165, 1.54) is 38.5 Å². The predicted octanol–water partition coefficient (Wildman–Crippen LogP) is 2.81. The second-order valence-corrected chi connectivity index (χ2v) is 4.90. The van der Waals surface area contributed by atoms with Gasteiger partial charge in [-0.05, 0) is 50.5 Å². The minimum Gasteiger partial charge on any atom is -0.317 e. The van der Waals surface area contributed by atoms with Gasteiger partial charge in [0.2, 0.25) is 0 Å². The monoisotopic (exact) mass is 181 g/mol. The lowest BCUT2D eigenvalue weighted by molar-refractivity contribution is 0.270. The summed E-state index contributed by atoms with van der Waals surface area (Å²) in [6.07, 6.45) is 8.88. The van der Waals surface area contributed by atoms with Crippen LogP contribution in [0.1, 0.15) is 45.4 Å². The highest BCUT2D eigenvalue weighted by Gasteiger charge is 2.41. The molecule has 0 bridgehead atoms. The van der Waals surface area contributed by atoms with Crippen LogP contribution < -0.4 is 5.32 Å². The molecule has 0 aromatic heterocycles. The van der Waals surface area contributed by atoms with E-state index in [4.69, 9.17) is 0 Å². The van der Waals surface area contributed by atoms with E-state index in [1.54, 1.807) is 0 Å². The molecule has 0 aromatic carbocycles. The molecule has 2 rings (SSSR count). The average Bonchev–Trinajstić information content (AvgIpc) is 2.70. The third-order valence-electron chi connectivity index (χ3n) is 4.47. The molecular formula is C12H23N. The minimum absolute atomic E-state index is 0.799. The molecule has 0 aliphatic heterocycles. The van der Waals surface area contributed by atoms with E-state index < -0.39 is 0 Å². The van der Waals surface area contributed by atoms with Crippen molar-refractivity contribution >= 4 is 0 Å². The van der Waals surface area contributed by atoms with E-state index in [2.05, 4.69) is 19.3 Å². The maximum Gasteiger partial charge on any atom is 0.00924 e. The van der Waals surface area contributed by atoms with Crippen LogP contribution in [-0.2, 0) is 0 Å². The molecular weight excluding hydrogens is 158 g/mol. The summed E-state index contributed by atoms with van der Waals surface area (Å²) < 4.78 is 0. The topological polar surface area (TPSA) is 12.0 Å². The van der Waals surface area contributed by atoms with E-state index in [9.17, 15) is 0 Å². The molecule has 0 amide bonds. The van der Waals surface area contributed by atoms with Crippen LogP contribution in [0, 0.1) is 17.8 Å². The van der Waals surface area contributed by atoms with Crippen molar-refractivity contribution in [3.63, 3.8) is 0 Å². The second kappa shape index (κ2) is 4.00. The zero-order valence-corrected chi connectivity index (χ0v) is 9.05. The molecule has 4 unspecified atom stereocenters. The van der Waals surface area contributed by atoms with Crippen molar-refractivity contribution in [2.45, 2.75) is 51.5 Å². The number of hydrogen-bond acceptors (Lipinski definition) is 1. The molecule has 0 spiro atoms. The number of nitrogens with one attached hydrogen (secondary N) is 1. The normalized spacial score (nSPS) is 40.6. The van der Waals surface area contributed by atoms with Crippen LogP contribution in [0.5, 0.6) is 0 Å². The van der Waals surface area contributed by atoms with Crippen molar-refractivity contribution in [2.24, 2.45) is 17.8 Å². The molecule has 2 aliphatic rings. The quantitative estimate of drug-likeness (QED) is 0.706. The summed E-state index contributed by atoms with van der Waals surface area (Å²) in [5.41, 5.74) is 0. The summed E-state index contributed by atoms with van der Waals surface area (Å²) in [5.74, 6) is 3.19. The third kappa shape index (κ3) is 1.63. The average molecular weight is 181 g/mol. The Bertz CT molecular complexity index is 163. The SMILES string of the molecule is CCC(NC)C1CCC2CCCC21. The van der Waals surface area contributed by atoms with Gasteiger partial charge in [-0.1, -0.05) is 19.8 Å². The molecule has 1 heteroatoms. The number of hydrogen-bond donors (Lipinski definition) is 1. The Morgan fingerprint density at radius 1 is 1.23 bits per heavy atom. The van der Waals surface area contributed by atoms with Crippen molar-refractivity contribution < 1.29 is 0 Å². The van der Waals surface area contributed by atoms with Gasteiger partial charge in [-0.15, -0.1) is 0 Å². The van der Waals surface area contributed by atoms with Gasteiger partial charge in [-0.25, -0.2) is 0 Å². The highest BCUT2D eigenvalue weighted by atomic mass is 14.9. The molecule has 2 aliphatic carbocycles. The fourth-order valence-corrected chi connectivity index (χ4v) is 3.83. The van der Waals surface area contributed by atoms with E-state index >= 15 is 0 Å². The second-order valence-electron chi connectivity index (χ2n) is 4.90. The lowest BCUT2D eigenvalue weighted by Crippen LogP contribution is -2.35. The summed E-state index contributed by atoms with van der Waals surface area (Å²) in [7, 11) is 2.14. The highest BCUT2D eigenvalue weighted by Crippen LogP contribution is 2.48. The van der Waals surface area contributed by atoms with Crippen molar-refractivity contribution in [3.05, 3.63) is 0 Å².